The van der Waals surface area contributed by atoms with Crippen LogP contribution < -0.4 is 0 Å². The van der Waals surface area contributed by atoms with Gasteiger partial charge < -0.3 is 19.9 Å². The molecule has 30 heavy (non-hydrogen) atoms. The molecule has 0 atom stereocenters. The summed E-state index contributed by atoms with van der Waals surface area (Å²) in [4.78, 5) is 15.5. The van der Waals surface area contributed by atoms with E-state index in [2.05, 4.69) is 15.2 Å². The first-order valence-electron chi connectivity index (χ1n) is 9.39. The number of aromatic nitrogens is 1. The Morgan fingerprint density at radius 3 is 2.43 bits per heavy atom. The van der Waals surface area contributed by atoms with Crippen LogP contribution in [0.5, 0.6) is 11.6 Å². The molecule has 0 bridgehead atoms. The Kier molecular flexibility index (Phi) is 5.17. The summed E-state index contributed by atoms with van der Waals surface area (Å²) in [6.45, 7) is 1.88. The fourth-order valence-corrected chi connectivity index (χ4v) is 3.16. The van der Waals surface area contributed by atoms with Crippen molar-refractivity contribution in [3.05, 3.63) is 72.3 Å². The molecule has 0 saturated heterocycles. The molecule has 0 fully saturated rings. The van der Waals surface area contributed by atoms with Gasteiger partial charge in [0, 0.05) is 0 Å². The molecule has 0 amide bonds. The zero-order chi connectivity index (χ0) is 21.1. The molecule has 0 aliphatic heterocycles. The lowest BCUT2D eigenvalue weighted by Gasteiger charge is -2.06. The van der Waals surface area contributed by atoms with Crippen LogP contribution in [0.25, 0.3) is 22.0 Å². The smallest absolute Gasteiger partial charge is 0.342 e. The minimum atomic E-state index is -0.614. The van der Waals surface area contributed by atoms with Crippen molar-refractivity contribution in [3.63, 3.8) is 0 Å². The zero-order valence-electron chi connectivity index (χ0n) is 16.2. The number of H-pyrrole nitrogens is 1. The number of carbonyl (C=O) groups is 1. The standard InChI is InChI=1S/C23H19N3O4/c1-2-30-23(29)19-20(16-8-7-14-5-3-4-6-15(14)13-16)24-22(28)21(19)26-25-17-9-11-18(27)12-10-17/h3-13,24,27-28H,2H2,1H3. The topological polar surface area (TPSA) is 107 Å². The van der Waals surface area contributed by atoms with E-state index in [0.29, 0.717) is 16.9 Å². The van der Waals surface area contributed by atoms with E-state index in [1.165, 1.54) is 12.1 Å². The van der Waals surface area contributed by atoms with Gasteiger partial charge in [0.25, 0.3) is 0 Å². The number of ether oxygens (including phenoxy) is 1. The van der Waals surface area contributed by atoms with Gasteiger partial charge >= 0.3 is 5.97 Å². The number of hydrogen-bond acceptors (Lipinski definition) is 6. The average Bonchev–Trinajstić information content (AvgIpc) is 3.09. The number of esters is 1. The number of phenolic OH excluding ortho intramolecular Hbond substituents is 1. The van der Waals surface area contributed by atoms with Gasteiger partial charge in [0.05, 0.1) is 18.0 Å². The fraction of sp³-hybridized carbons (Fsp3) is 0.0870. The molecule has 0 radical (unpaired) electrons. The number of aromatic hydroxyl groups is 2. The van der Waals surface area contributed by atoms with Crippen molar-refractivity contribution in [1.82, 2.24) is 4.98 Å². The molecule has 0 aliphatic rings. The van der Waals surface area contributed by atoms with Crippen LogP contribution in [0.1, 0.15) is 17.3 Å². The molecule has 4 aromatic rings. The normalized spacial score (nSPS) is 11.2. The van der Waals surface area contributed by atoms with Gasteiger partial charge in [-0.15, -0.1) is 5.11 Å². The first-order chi connectivity index (χ1) is 14.6. The van der Waals surface area contributed by atoms with E-state index in [1.54, 1.807) is 19.1 Å². The second-order valence-electron chi connectivity index (χ2n) is 6.57. The number of azo groups is 1. The van der Waals surface area contributed by atoms with E-state index in [0.717, 1.165) is 10.8 Å². The third kappa shape index (κ3) is 3.73. The second kappa shape index (κ2) is 8.08. The Morgan fingerprint density at radius 2 is 1.70 bits per heavy atom. The Labute approximate surface area is 172 Å². The third-order valence-corrected chi connectivity index (χ3v) is 4.59. The van der Waals surface area contributed by atoms with Crippen LogP contribution in [0.15, 0.2) is 77.0 Å². The van der Waals surface area contributed by atoms with E-state index in [-0.39, 0.29) is 29.5 Å². The first kappa shape index (κ1) is 19.2. The van der Waals surface area contributed by atoms with E-state index in [4.69, 9.17) is 4.74 Å². The van der Waals surface area contributed by atoms with Gasteiger partial charge in [0.15, 0.2) is 5.69 Å². The van der Waals surface area contributed by atoms with Crippen molar-refractivity contribution in [2.45, 2.75) is 6.92 Å². The summed E-state index contributed by atoms with van der Waals surface area (Å²) >= 11 is 0. The van der Waals surface area contributed by atoms with Crippen LogP contribution in [-0.2, 0) is 4.74 Å². The predicted octanol–water partition coefficient (Wildman–Crippen LogP) is 5.84. The number of nitrogens with one attached hydrogen (secondary N) is 1. The monoisotopic (exact) mass is 401 g/mol. The minimum absolute atomic E-state index is 0.00955. The van der Waals surface area contributed by atoms with Crippen LogP contribution in [0.4, 0.5) is 11.4 Å². The summed E-state index contributed by atoms with van der Waals surface area (Å²) in [7, 11) is 0. The lowest BCUT2D eigenvalue weighted by atomic mass is 10.0. The van der Waals surface area contributed by atoms with Crippen molar-refractivity contribution in [2.24, 2.45) is 10.2 Å². The second-order valence-corrected chi connectivity index (χ2v) is 6.57. The number of carbonyl (C=O) groups excluding carboxylic acids is 1. The van der Waals surface area contributed by atoms with Crippen LogP contribution in [0.3, 0.4) is 0 Å². The minimum Gasteiger partial charge on any atom is -0.508 e. The molecule has 4 rings (SSSR count). The summed E-state index contributed by atoms with van der Waals surface area (Å²) in [6, 6.07) is 19.6. The van der Waals surface area contributed by atoms with Gasteiger partial charge in [0.1, 0.15) is 11.3 Å². The van der Waals surface area contributed by atoms with Gasteiger partial charge in [0.2, 0.25) is 5.88 Å². The predicted molar refractivity (Wildman–Crippen MR) is 114 cm³/mol. The van der Waals surface area contributed by atoms with Gasteiger partial charge in [-0.3, -0.25) is 0 Å². The van der Waals surface area contributed by atoms with Gasteiger partial charge in [-0.1, -0.05) is 36.4 Å². The summed E-state index contributed by atoms with van der Waals surface area (Å²) < 4.78 is 5.19. The van der Waals surface area contributed by atoms with E-state index >= 15 is 0 Å². The molecule has 0 saturated carbocycles. The number of fused-ring (bicyclic) bond motifs is 1. The molecule has 0 unspecified atom stereocenters. The Hall–Kier alpha value is -4.13. The molecule has 3 N–H and O–H groups in total. The van der Waals surface area contributed by atoms with Crippen molar-refractivity contribution in [2.75, 3.05) is 6.61 Å². The number of rotatable bonds is 5. The number of nitrogens with zero attached hydrogens (tertiary/aromatic N) is 2. The molecular weight excluding hydrogens is 382 g/mol. The molecule has 1 aromatic heterocycles. The van der Waals surface area contributed by atoms with Crippen molar-refractivity contribution in [3.8, 4) is 22.9 Å². The van der Waals surface area contributed by atoms with Crippen molar-refractivity contribution < 1.29 is 19.7 Å². The molecule has 0 spiro atoms. The Balaban J connectivity index is 1.83. The number of phenols is 1. The number of hydrogen-bond donors (Lipinski definition) is 3. The first-order valence-corrected chi connectivity index (χ1v) is 9.39. The maximum Gasteiger partial charge on any atom is 0.342 e. The van der Waals surface area contributed by atoms with Crippen LogP contribution in [0.2, 0.25) is 0 Å². The number of aromatic amines is 1. The molecular formula is C23H19N3O4. The highest BCUT2D eigenvalue weighted by Gasteiger charge is 2.26. The highest BCUT2D eigenvalue weighted by Crippen LogP contribution is 2.40. The van der Waals surface area contributed by atoms with Gasteiger partial charge in [-0.05, 0) is 53.6 Å². The fourth-order valence-electron chi connectivity index (χ4n) is 3.16. The average molecular weight is 401 g/mol. The molecule has 0 aliphatic carbocycles. The van der Waals surface area contributed by atoms with Crippen molar-refractivity contribution in [1.29, 1.82) is 0 Å². The molecule has 1 heterocycles. The summed E-state index contributed by atoms with van der Waals surface area (Å²) in [5.74, 6) is -0.801. The molecule has 150 valence electrons. The molecule has 7 heteroatoms. The van der Waals surface area contributed by atoms with Gasteiger partial charge in [-0.2, -0.15) is 5.11 Å². The van der Waals surface area contributed by atoms with Crippen LogP contribution in [-0.4, -0.2) is 27.8 Å². The quantitative estimate of drug-likeness (QED) is 0.288. The number of benzene rings is 3. The molecule has 3 aromatic carbocycles. The maximum absolute atomic E-state index is 12.7. The summed E-state index contributed by atoms with van der Waals surface area (Å²) in [5, 5.41) is 30.0. The maximum atomic E-state index is 12.7. The lowest BCUT2D eigenvalue weighted by molar-refractivity contribution is 0.0528. The zero-order valence-corrected chi connectivity index (χ0v) is 16.2. The summed E-state index contributed by atoms with van der Waals surface area (Å²) in [5.41, 5.74) is 1.65. The van der Waals surface area contributed by atoms with Crippen LogP contribution >= 0.6 is 0 Å². The lowest BCUT2D eigenvalue weighted by Crippen LogP contribution is -2.05. The Bertz CT molecular complexity index is 1240. The van der Waals surface area contributed by atoms with Gasteiger partial charge in [-0.25, -0.2) is 4.79 Å². The third-order valence-electron chi connectivity index (χ3n) is 4.59. The van der Waals surface area contributed by atoms with E-state index in [9.17, 15) is 15.0 Å². The SMILES string of the molecule is CCOC(=O)c1c(-c2ccc3ccccc3c2)[nH]c(O)c1N=Nc1ccc(O)cc1. The highest BCUT2D eigenvalue weighted by molar-refractivity contribution is 6.04. The van der Waals surface area contributed by atoms with Crippen molar-refractivity contribution >= 4 is 28.1 Å². The van der Waals surface area contributed by atoms with Crippen LogP contribution in [0, 0.1) is 0 Å². The van der Waals surface area contributed by atoms with E-state index in [1.807, 2.05) is 42.5 Å². The highest BCUT2D eigenvalue weighted by atomic mass is 16.5. The Morgan fingerprint density at radius 1 is 0.967 bits per heavy atom. The summed E-state index contributed by atoms with van der Waals surface area (Å²) in [6.07, 6.45) is 0. The molecule has 7 nitrogen and oxygen atoms in total. The van der Waals surface area contributed by atoms with E-state index < -0.39 is 5.97 Å². The largest absolute Gasteiger partial charge is 0.508 e.